The minimum absolute atomic E-state index is 0.0243. The first-order valence-corrected chi connectivity index (χ1v) is 9.17. The first kappa shape index (κ1) is 18.0. The van der Waals surface area contributed by atoms with Crippen LogP contribution in [0.2, 0.25) is 0 Å². The predicted molar refractivity (Wildman–Crippen MR) is 86.5 cm³/mol. The molecule has 0 radical (unpaired) electrons. The van der Waals surface area contributed by atoms with Crippen molar-refractivity contribution in [3.63, 3.8) is 0 Å². The van der Waals surface area contributed by atoms with E-state index in [-0.39, 0.29) is 49.4 Å². The quantitative estimate of drug-likeness (QED) is 0.730. The fraction of sp³-hybridized carbons (Fsp3) is 0.333. The molecule has 0 bridgehead atoms. The molecule has 0 saturated carbocycles. The van der Waals surface area contributed by atoms with Gasteiger partial charge in [-0.1, -0.05) is 6.07 Å². The second-order valence-electron chi connectivity index (χ2n) is 5.62. The van der Waals surface area contributed by atoms with Gasteiger partial charge < -0.3 is 4.90 Å². The van der Waals surface area contributed by atoms with Crippen LogP contribution in [0.3, 0.4) is 0 Å². The Kier molecular flexibility index (Phi) is 4.97. The minimum Gasteiger partial charge on any atom is -0.338 e. The lowest BCUT2D eigenvalue weighted by Crippen LogP contribution is -2.51. The molecule has 1 fully saturated rings. The molecule has 1 aromatic heterocycles. The number of nitrogens with zero attached hydrogens (tertiary/aromatic N) is 6. The van der Waals surface area contributed by atoms with Gasteiger partial charge in [0.2, 0.25) is 15.9 Å². The van der Waals surface area contributed by atoms with Gasteiger partial charge in [0.05, 0.1) is 4.90 Å². The highest BCUT2D eigenvalue weighted by molar-refractivity contribution is 7.89. The van der Waals surface area contributed by atoms with Crippen molar-refractivity contribution >= 4 is 15.9 Å². The molecule has 1 aromatic carbocycles. The topological polar surface area (TPSA) is 112 Å². The van der Waals surface area contributed by atoms with Crippen molar-refractivity contribution in [1.82, 2.24) is 24.0 Å². The van der Waals surface area contributed by atoms with Crippen molar-refractivity contribution < 1.29 is 17.6 Å². The van der Waals surface area contributed by atoms with Crippen molar-refractivity contribution in [3.8, 4) is 6.07 Å². The smallest absolute Gasteiger partial charge is 0.252 e. The second-order valence-corrected chi connectivity index (χ2v) is 7.56. The molecule has 11 heteroatoms. The van der Waals surface area contributed by atoms with Gasteiger partial charge in [-0.05, 0) is 18.2 Å². The first-order chi connectivity index (χ1) is 12.4. The fourth-order valence-corrected chi connectivity index (χ4v) is 4.07. The van der Waals surface area contributed by atoms with E-state index in [1.165, 1.54) is 38.4 Å². The molecule has 0 aliphatic carbocycles. The van der Waals surface area contributed by atoms with Crippen LogP contribution in [0.1, 0.15) is 5.82 Å². The summed E-state index contributed by atoms with van der Waals surface area (Å²) in [6.45, 7) is 0.586. The lowest BCUT2D eigenvalue weighted by Gasteiger charge is -2.34. The number of rotatable bonds is 4. The second kappa shape index (κ2) is 7.19. The Balaban J connectivity index is 1.61. The average Bonchev–Trinajstić information content (AvgIpc) is 3.09. The van der Waals surface area contributed by atoms with E-state index >= 15 is 0 Å². The van der Waals surface area contributed by atoms with E-state index in [1.807, 2.05) is 0 Å². The molecule has 1 aliphatic rings. The molecule has 1 aliphatic heterocycles. The number of hydrogen-bond donors (Lipinski definition) is 0. The van der Waals surface area contributed by atoms with Gasteiger partial charge in [-0.3, -0.25) is 4.79 Å². The first-order valence-electron chi connectivity index (χ1n) is 7.73. The van der Waals surface area contributed by atoms with Gasteiger partial charge in [0.1, 0.15) is 24.8 Å². The maximum Gasteiger partial charge on any atom is 0.252 e. The molecule has 9 nitrogen and oxygen atoms in total. The monoisotopic (exact) mass is 378 g/mol. The van der Waals surface area contributed by atoms with Crippen LogP contribution in [0.5, 0.6) is 0 Å². The maximum absolute atomic E-state index is 13.3. The number of aromatic nitrogens is 3. The van der Waals surface area contributed by atoms with E-state index in [9.17, 15) is 17.6 Å². The van der Waals surface area contributed by atoms with Crippen molar-refractivity contribution in [1.29, 1.82) is 5.26 Å². The summed E-state index contributed by atoms with van der Waals surface area (Å²) in [7, 11) is -3.80. The van der Waals surface area contributed by atoms with Gasteiger partial charge in [-0.25, -0.2) is 22.5 Å². The number of hydrogen-bond acceptors (Lipinski definition) is 6. The summed E-state index contributed by atoms with van der Waals surface area (Å²) in [4.78, 5) is 17.4. The summed E-state index contributed by atoms with van der Waals surface area (Å²) in [6, 6.07) is 6.61. The Morgan fingerprint density at radius 3 is 2.62 bits per heavy atom. The molecule has 136 valence electrons. The Morgan fingerprint density at radius 1 is 1.27 bits per heavy atom. The summed E-state index contributed by atoms with van der Waals surface area (Å²) < 4.78 is 40.9. The number of sulfonamides is 1. The van der Waals surface area contributed by atoms with Gasteiger partial charge in [0.15, 0.2) is 0 Å². The largest absolute Gasteiger partial charge is 0.338 e. The summed E-state index contributed by atoms with van der Waals surface area (Å²) in [5, 5.41) is 12.5. The Labute approximate surface area is 149 Å². The third kappa shape index (κ3) is 3.71. The van der Waals surface area contributed by atoms with Crippen molar-refractivity contribution in [3.05, 3.63) is 42.2 Å². The number of amides is 1. The number of piperazine rings is 1. The van der Waals surface area contributed by atoms with Gasteiger partial charge in [-0.2, -0.15) is 9.57 Å². The minimum atomic E-state index is -3.80. The normalized spacial score (nSPS) is 15.6. The molecular weight excluding hydrogens is 363 g/mol. The Morgan fingerprint density at radius 2 is 2.00 bits per heavy atom. The van der Waals surface area contributed by atoms with Crippen LogP contribution in [-0.4, -0.2) is 64.5 Å². The van der Waals surface area contributed by atoms with Crippen LogP contribution in [0, 0.1) is 17.1 Å². The highest BCUT2D eigenvalue weighted by Gasteiger charge is 2.30. The van der Waals surface area contributed by atoms with Crippen LogP contribution >= 0.6 is 0 Å². The van der Waals surface area contributed by atoms with E-state index < -0.39 is 15.8 Å². The summed E-state index contributed by atoms with van der Waals surface area (Å²) in [5.74, 6) is -0.893. The molecule has 2 heterocycles. The van der Waals surface area contributed by atoms with Crippen LogP contribution in [0.15, 0.2) is 35.5 Å². The molecule has 0 unspecified atom stereocenters. The zero-order chi connectivity index (χ0) is 18.7. The molecule has 0 spiro atoms. The molecule has 26 heavy (non-hydrogen) atoms. The number of carbonyl (C=O) groups is 1. The molecule has 1 amide bonds. The van der Waals surface area contributed by atoms with Crippen molar-refractivity contribution in [2.24, 2.45) is 0 Å². The van der Waals surface area contributed by atoms with Gasteiger partial charge >= 0.3 is 0 Å². The number of benzene rings is 1. The lowest BCUT2D eigenvalue weighted by molar-refractivity contribution is -0.133. The van der Waals surface area contributed by atoms with Gasteiger partial charge in [0.25, 0.3) is 5.82 Å². The third-order valence-electron chi connectivity index (χ3n) is 3.96. The molecule has 1 saturated heterocycles. The fourth-order valence-electron chi connectivity index (χ4n) is 2.62. The number of nitriles is 1. The zero-order valence-electron chi connectivity index (χ0n) is 13.6. The van der Waals surface area contributed by atoms with Gasteiger partial charge in [0, 0.05) is 26.2 Å². The summed E-state index contributed by atoms with van der Waals surface area (Å²) in [5.41, 5.74) is 0. The van der Waals surface area contributed by atoms with Crippen LogP contribution in [-0.2, 0) is 21.4 Å². The van der Waals surface area contributed by atoms with Crippen LogP contribution < -0.4 is 0 Å². The molecule has 0 atom stereocenters. The van der Waals surface area contributed by atoms with E-state index in [0.29, 0.717) is 0 Å². The average molecular weight is 378 g/mol. The number of halogens is 1. The Hall–Kier alpha value is -2.84. The van der Waals surface area contributed by atoms with Gasteiger partial charge in [-0.15, -0.1) is 5.10 Å². The van der Waals surface area contributed by atoms with Crippen LogP contribution in [0.25, 0.3) is 0 Å². The van der Waals surface area contributed by atoms with E-state index in [1.54, 1.807) is 6.07 Å². The van der Waals surface area contributed by atoms with E-state index in [4.69, 9.17) is 5.26 Å². The SMILES string of the molecule is N#Cc1ncn(CC(=O)N2CCN(S(=O)(=O)c3cccc(F)c3)CC2)n1. The zero-order valence-corrected chi connectivity index (χ0v) is 14.4. The Bertz CT molecular complexity index is 960. The van der Waals surface area contributed by atoms with E-state index in [2.05, 4.69) is 10.1 Å². The highest BCUT2D eigenvalue weighted by atomic mass is 32.2. The lowest BCUT2D eigenvalue weighted by atomic mass is 10.3. The molecule has 0 N–H and O–H groups in total. The number of carbonyl (C=O) groups excluding carboxylic acids is 1. The molecule has 3 rings (SSSR count). The van der Waals surface area contributed by atoms with Crippen molar-refractivity contribution in [2.45, 2.75) is 11.4 Å². The highest BCUT2D eigenvalue weighted by Crippen LogP contribution is 2.18. The molecule has 2 aromatic rings. The van der Waals surface area contributed by atoms with Crippen LogP contribution in [0.4, 0.5) is 4.39 Å². The summed E-state index contributed by atoms with van der Waals surface area (Å²) >= 11 is 0. The maximum atomic E-state index is 13.3. The van der Waals surface area contributed by atoms with E-state index in [0.717, 1.165) is 6.07 Å². The third-order valence-corrected chi connectivity index (χ3v) is 5.85. The van der Waals surface area contributed by atoms with Crippen molar-refractivity contribution in [2.75, 3.05) is 26.2 Å². The molecular formula is C15H15FN6O3S. The standard InChI is InChI=1S/C15H15FN6O3S/c16-12-2-1-3-13(8-12)26(24,25)22-6-4-20(5-7-22)15(23)10-21-11-18-14(9-17)19-21/h1-3,8,11H,4-7,10H2. The summed E-state index contributed by atoms with van der Waals surface area (Å²) in [6.07, 6.45) is 1.29. The predicted octanol–water partition coefficient (Wildman–Crippen LogP) is -0.178.